The van der Waals surface area contributed by atoms with Gasteiger partial charge in [-0.05, 0) is 24.8 Å². The summed E-state index contributed by atoms with van der Waals surface area (Å²) < 4.78 is 0. The van der Waals surface area contributed by atoms with Crippen molar-refractivity contribution in [1.82, 2.24) is 9.80 Å². The molecule has 2 unspecified atom stereocenters. The highest BCUT2D eigenvalue weighted by atomic mass is 16.4. The van der Waals surface area contributed by atoms with E-state index in [1.165, 1.54) is 5.56 Å². The second-order valence-corrected chi connectivity index (χ2v) is 6.08. The summed E-state index contributed by atoms with van der Waals surface area (Å²) in [6.45, 7) is 4.76. The fraction of sp³-hybridized carbons (Fsp3) is 0.562. The number of carbonyl (C=O) groups is 1. The SMILES string of the molecule is CCC12CCC(CN(Cc3ccccc3)C1)N2C(=O)O. The molecule has 2 bridgehead atoms. The normalized spacial score (nSPS) is 29.6. The molecule has 2 aliphatic rings. The molecule has 3 rings (SSSR count). The van der Waals surface area contributed by atoms with Crippen molar-refractivity contribution in [1.29, 1.82) is 0 Å². The first-order chi connectivity index (χ1) is 9.64. The van der Waals surface area contributed by atoms with E-state index in [-0.39, 0.29) is 11.6 Å². The number of likely N-dealkylation sites (tertiary alicyclic amines) is 1. The van der Waals surface area contributed by atoms with Crippen molar-refractivity contribution >= 4 is 6.09 Å². The van der Waals surface area contributed by atoms with Gasteiger partial charge in [0.15, 0.2) is 0 Å². The molecule has 0 aliphatic carbocycles. The van der Waals surface area contributed by atoms with E-state index >= 15 is 0 Å². The molecule has 20 heavy (non-hydrogen) atoms. The van der Waals surface area contributed by atoms with Crippen LogP contribution in [0, 0.1) is 0 Å². The summed E-state index contributed by atoms with van der Waals surface area (Å²) in [5.74, 6) is 0. The van der Waals surface area contributed by atoms with E-state index in [2.05, 4.69) is 36.1 Å². The van der Waals surface area contributed by atoms with Crippen molar-refractivity contribution in [3.8, 4) is 0 Å². The molecule has 1 aromatic rings. The third-order valence-corrected chi connectivity index (χ3v) is 4.92. The number of hydrogen-bond acceptors (Lipinski definition) is 2. The number of amides is 1. The zero-order valence-corrected chi connectivity index (χ0v) is 12.0. The minimum absolute atomic E-state index is 0.163. The molecule has 2 fully saturated rings. The van der Waals surface area contributed by atoms with Crippen molar-refractivity contribution in [3.63, 3.8) is 0 Å². The van der Waals surface area contributed by atoms with E-state index in [1.807, 2.05) is 6.07 Å². The molecule has 1 N–H and O–H groups in total. The van der Waals surface area contributed by atoms with Crippen LogP contribution in [0.1, 0.15) is 31.7 Å². The van der Waals surface area contributed by atoms with Crippen LogP contribution < -0.4 is 0 Å². The van der Waals surface area contributed by atoms with Gasteiger partial charge >= 0.3 is 6.09 Å². The Bertz CT molecular complexity index is 491. The highest BCUT2D eigenvalue weighted by molar-refractivity contribution is 5.67. The molecule has 1 aromatic carbocycles. The summed E-state index contributed by atoms with van der Waals surface area (Å²) in [7, 11) is 0. The predicted molar refractivity (Wildman–Crippen MR) is 77.6 cm³/mol. The average Bonchev–Trinajstić information content (AvgIpc) is 2.69. The van der Waals surface area contributed by atoms with E-state index < -0.39 is 6.09 Å². The van der Waals surface area contributed by atoms with E-state index in [0.717, 1.165) is 38.9 Å². The zero-order chi connectivity index (χ0) is 14.2. The lowest BCUT2D eigenvalue weighted by atomic mass is 9.91. The van der Waals surface area contributed by atoms with Crippen LogP contribution in [0.25, 0.3) is 0 Å². The Morgan fingerprint density at radius 1 is 1.40 bits per heavy atom. The third kappa shape index (κ3) is 2.18. The quantitative estimate of drug-likeness (QED) is 0.921. The number of fused-ring (bicyclic) bond motifs is 2. The molecular formula is C16H22N2O2. The molecule has 0 radical (unpaired) electrons. The van der Waals surface area contributed by atoms with Crippen molar-refractivity contribution in [2.24, 2.45) is 0 Å². The molecule has 2 aliphatic heterocycles. The number of carboxylic acid groups (broad SMARTS) is 1. The first-order valence-corrected chi connectivity index (χ1v) is 7.43. The molecule has 108 valence electrons. The molecule has 0 aromatic heterocycles. The lowest BCUT2D eigenvalue weighted by molar-refractivity contribution is 0.00427. The zero-order valence-electron chi connectivity index (χ0n) is 12.0. The molecule has 0 saturated carbocycles. The van der Waals surface area contributed by atoms with Crippen LogP contribution in [0.4, 0.5) is 4.79 Å². The van der Waals surface area contributed by atoms with Gasteiger partial charge in [0.1, 0.15) is 0 Å². The fourth-order valence-electron chi connectivity index (χ4n) is 3.96. The Hall–Kier alpha value is -1.55. The van der Waals surface area contributed by atoms with Gasteiger partial charge in [0.05, 0.1) is 5.54 Å². The highest BCUT2D eigenvalue weighted by Crippen LogP contribution is 2.41. The Balaban J connectivity index is 1.78. The standard InChI is InChI=1S/C16H22N2O2/c1-2-16-9-8-14(18(16)15(19)20)11-17(12-16)10-13-6-4-3-5-7-13/h3-7,14H,2,8-12H2,1H3,(H,19,20). The van der Waals surface area contributed by atoms with Gasteiger partial charge in [-0.1, -0.05) is 37.3 Å². The van der Waals surface area contributed by atoms with Crippen molar-refractivity contribution in [3.05, 3.63) is 35.9 Å². The van der Waals surface area contributed by atoms with Crippen molar-refractivity contribution in [2.45, 2.75) is 44.3 Å². The second-order valence-electron chi connectivity index (χ2n) is 6.08. The summed E-state index contributed by atoms with van der Waals surface area (Å²) >= 11 is 0. The minimum atomic E-state index is -0.742. The van der Waals surface area contributed by atoms with Crippen LogP contribution in [-0.4, -0.2) is 45.7 Å². The molecule has 4 nitrogen and oxygen atoms in total. The van der Waals surface area contributed by atoms with Gasteiger partial charge in [0, 0.05) is 25.7 Å². The van der Waals surface area contributed by atoms with Crippen molar-refractivity contribution < 1.29 is 9.90 Å². The van der Waals surface area contributed by atoms with E-state index in [1.54, 1.807) is 4.90 Å². The van der Waals surface area contributed by atoms with E-state index in [9.17, 15) is 9.90 Å². The van der Waals surface area contributed by atoms with Gasteiger partial charge in [-0.3, -0.25) is 9.80 Å². The van der Waals surface area contributed by atoms with Crippen LogP contribution in [0.5, 0.6) is 0 Å². The van der Waals surface area contributed by atoms with Gasteiger partial charge in [-0.15, -0.1) is 0 Å². The molecule has 2 saturated heterocycles. The first-order valence-electron chi connectivity index (χ1n) is 7.43. The smallest absolute Gasteiger partial charge is 0.408 e. The molecular weight excluding hydrogens is 252 g/mol. The van der Waals surface area contributed by atoms with Gasteiger partial charge < -0.3 is 5.11 Å². The number of nitrogens with zero attached hydrogens (tertiary/aromatic N) is 2. The number of benzene rings is 1. The molecule has 2 atom stereocenters. The molecule has 4 heteroatoms. The van der Waals surface area contributed by atoms with Gasteiger partial charge in [0.2, 0.25) is 0 Å². The van der Waals surface area contributed by atoms with Crippen LogP contribution in [0.2, 0.25) is 0 Å². The Kier molecular flexibility index (Phi) is 3.42. The van der Waals surface area contributed by atoms with Gasteiger partial charge in [-0.2, -0.15) is 0 Å². The topological polar surface area (TPSA) is 43.8 Å². The number of hydrogen-bond donors (Lipinski definition) is 1. The Morgan fingerprint density at radius 2 is 2.15 bits per heavy atom. The maximum absolute atomic E-state index is 11.6. The molecule has 1 amide bonds. The maximum Gasteiger partial charge on any atom is 0.408 e. The highest BCUT2D eigenvalue weighted by Gasteiger charge is 2.52. The second kappa shape index (κ2) is 5.09. The summed E-state index contributed by atoms with van der Waals surface area (Å²) in [6.07, 6.45) is 2.17. The minimum Gasteiger partial charge on any atom is -0.465 e. The summed E-state index contributed by atoms with van der Waals surface area (Å²) in [5, 5.41) is 9.50. The molecule has 0 spiro atoms. The van der Waals surface area contributed by atoms with Gasteiger partial charge in [-0.25, -0.2) is 4.79 Å². The van der Waals surface area contributed by atoms with Crippen LogP contribution in [-0.2, 0) is 6.54 Å². The number of piperazine rings is 1. The predicted octanol–water partition coefficient (Wildman–Crippen LogP) is 2.79. The maximum atomic E-state index is 11.6. The molecule has 2 heterocycles. The number of rotatable bonds is 3. The lowest BCUT2D eigenvalue weighted by Crippen LogP contribution is -2.62. The summed E-state index contributed by atoms with van der Waals surface area (Å²) in [5.41, 5.74) is 1.14. The first kappa shape index (κ1) is 13.4. The van der Waals surface area contributed by atoms with E-state index in [0.29, 0.717) is 0 Å². The Labute approximate surface area is 120 Å². The largest absolute Gasteiger partial charge is 0.465 e. The van der Waals surface area contributed by atoms with Crippen LogP contribution in [0.15, 0.2) is 30.3 Å². The third-order valence-electron chi connectivity index (χ3n) is 4.92. The lowest BCUT2D eigenvalue weighted by Gasteiger charge is -2.47. The van der Waals surface area contributed by atoms with Gasteiger partial charge in [0.25, 0.3) is 0 Å². The fourth-order valence-corrected chi connectivity index (χ4v) is 3.96. The van der Waals surface area contributed by atoms with Crippen LogP contribution >= 0.6 is 0 Å². The summed E-state index contributed by atoms with van der Waals surface area (Å²) in [6, 6.07) is 10.6. The van der Waals surface area contributed by atoms with E-state index in [4.69, 9.17) is 0 Å². The monoisotopic (exact) mass is 274 g/mol. The Morgan fingerprint density at radius 3 is 2.80 bits per heavy atom. The summed E-state index contributed by atoms with van der Waals surface area (Å²) in [4.78, 5) is 15.7. The average molecular weight is 274 g/mol. The van der Waals surface area contributed by atoms with Crippen LogP contribution in [0.3, 0.4) is 0 Å². The van der Waals surface area contributed by atoms with Crippen molar-refractivity contribution in [2.75, 3.05) is 13.1 Å².